The van der Waals surface area contributed by atoms with Crippen molar-refractivity contribution in [2.45, 2.75) is 24.2 Å². The molecule has 0 bridgehead atoms. The summed E-state index contributed by atoms with van der Waals surface area (Å²) < 4.78 is 56.5. The monoisotopic (exact) mass is 480 g/mol. The molecule has 33 heavy (non-hydrogen) atoms. The van der Waals surface area contributed by atoms with Gasteiger partial charge in [-0.05, 0) is 48.7 Å². The van der Waals surface area contributed by atoms with E-state index < -0.39 is 15.8 Å². The maximum Gasteiger partial charge on any atom is 0.243 e. The van der Waals surface area contributed by atoms with Gasteiger partial charge < -0.3 is 19.1 Å². The van der Waals surface area contributed by atoms with E-state index in [9.17, 15) is 17.6 Å². The van der Waals surface area contributed by atoms with Gasteiger partial charge in [0.25, 0.3) is 0 Å². The quantitative estimate of drug-likeness (QED) is 0.578. The van der Waals surface area contributed by atoms with Crippen LogP contribution in [0.15, 0.2) is 41.3 Å². The van der Waals surface area contributed by atoms with E-state index >= 15 is 0 Å². The molecule has 8 nitrogen and oxygen atoms in total. The number of rotatable bonds is 8. The van der Waals surface area contributed by atoms with Crippen LogP contribution in [0.5, 0.6) is 17.2 Å². The Morgan fingerprint density at radius 1 is 0.909 bits per heavy atom. The first-order valence-corrected chi connectivity index (χ1v) is 12.1. The summed E-state index contributed by atoms with van der Waals surface area (Å²) in [6.07, 6.45) is 1.21. The summed E-state index contributed by atoms with van der Waals surface area (Å²) in [7, 11) is 0.859. The Bertz CT molecular complexity index is 1080. The van der Waals surface area contributed by atoms with Gasteiger partial charge in [-0.25, -0.2) is 12.8 Å². The maximum absolute atomic E-state index is 13.2. The lowest BCUT2D eigenvalue weighted by Crippen LogP contribution is -2.37. The largest absolute Gasteiger partial charge is 0.493 e. The minimum absolute atomic E-state index is 0.0456. The Kier molecular flexibility index (Phi) is 8.15. The van der Waals surface area contributed by atoms with E-state index in [-0.39, 0.29) is 23.8 Å². The molecule has 0 aliphatic carbocycles. The number of nitrogens with zero attached hydrogens (tertiary/aromatic N) is 2. The normalized spacial score (nSPS) is 15.1. The highest BCUT2D eigenvalue weighted by Crippen LogP contribution is 2.40. The molecule has 0 saturated carbocycles. The fourth-order valence-electron chi connectivity index (χ4n) is 3.90. The molecule has 0 atom stereocenters. The maximum atomic E-state index is 13.2. The number of methoxy groups -OCH3 is 3. The molecule has 2 aromatic carbocycles. The third-order valence-corrected chi connectivity index (χ3v) is 7.57. The molecule has 3 rings (SSSR count). The molecule has 1 aliphatic heterocycles. The van der Waals surface area contributed by atoms with Crippen molar-refractivity contribution in [3.8, 4) is 17.2 Å². The first kappa shape index (κ1) is 24.8. The first-order chi connectivity index (χ1) is 15.8. The number of hydrogen-bond donors (Lipinski definition) is 0. The van der Waals surface area contributed by atoms with Crippen LogP contribution in [0.2, 0.25) is 0 Å². The van der Waals surface area contributed by atoms with Gasteiger partial charge in [0.15, 0.2) is 11.5 Å². The van der Waals surface area contributed by atoms with Crippen molar-refractivity contribution in [3.05, 3.63) is 47.8 Å². The predicted octanol–water partition coefficient (Wildman–Crippen LogP) is 2.71. The smallest absolute Gasteiger partial charge is 0.243 e. The van der Waals surface area contributed by atoms with Gasteiger partial charge in [-0.2, -0.15) is 4.31 Å². The minimum atomic E-state index is -3.74. The Labute approximate surface area is 193 Å². The van der Waals surface area contributed by atoms with Crippen LogP contribution < -0.4 is 14.2 Å². The molecule has 10 heteroatoms. The number of carbonyl (C=O) groups is 1. The molecule has 0 spiro atoms. The number of aryl methyl sites for hydroxylation is 1. The summed E-state index contributed by atoms with van der Waals surface area (Å²) in [5, 5.41) is 0. The number of amides is 1. The second-order valence-electron chi connectivity index (χ2n) is 7.59. The standard InChI is InChI=1S/C23H29FN2O6S/c1-30-20-11-5-17(22(31-2)23(20)32-3)6-12-21(27)25-13-4-14-26(16-15-25)33(28,29)19-9-7-18(24)8-10-19/h5,7-11H,4,6,12-16H2,1-3H3. The second-order valence-corrected chi connectivity index (χ2v) is 9.52. The van der Waals surface area contributed by atoms with Gasteiger partial charge in [0.05, 0.1) is 26.2 Å². The molecule has 1 aliphatic rings. The van der Waals surface area contributed by atoms with Crippen molar-refractivity contribution in [2.75, 3.05) is 47.5 Å². The van der Waals surface area contributed by atoms with Crippen LogP contribution in [0, 0.1) is 5.82 Å². The number of carbonyl (C=O) groups excluding carboxylic acids is 1. The lowest BCUT2D eigenvalue weighted by atomic mass is 10.1. The van der Waals surface area contributed by atoms with E-state index in [2.05, 4.69) is 0 Å². The van der Waals surface area contributed by atoms with Crippen molar-refractivity contribution in [2.24, 2.45) is 0 Å². The lowest BCUT2D eigenvalue weighted by molar-refractivity contribution is -0.131. The summed E-state index contributed by atoms with van der Waals surface area (Å²) in [4.78, 5) is 14.6. The highest BCUT2D eigenvalue weighted by molar-refractivity contribution is 7.89. The van der Waals surface area contributed by atoms with Crippen molar-refractivity contribution in [1.29, 1.82) is 0 Å². The molecule has 0 radical (unpaired) electrons. The zero-order valence-electron chi connectivity index (χ0n) is 19.0. The van der Waals surface area contributed by atoms with Crippen molar-refractivity contribution < 1.29 is 31.8 Å². The van der Waals surface area contributed by atoms with Crippen LogP contribution >= 0.6 is 0 Å². The fraction of sp³-hybridized carbons (Fsp3) is 0.435. The molecule has 0 unspecified atom stereocenters. The van der Waals surface area contributed by atoms with E-state index in [1.807, 2.05) is 6.07 Å². The van der Waals surface area contributed by atoms with Gasteiger partial charge in [-0.3, -0.25) is 4.79 Å². The van der Waals surface area contributed by atoms with E-state index in [4.69, 9.17) is 14.2 Å². The van der Waals surface area contributed by atoms with Gasteiger partial charge in [0.1, 0.15) is 5.82 Å². The van der Waals surface area contributed by atoms with Crippen LogP contribution in [-0.4, -0.2) is 71.0 Å². The topological polar surface area (TPSA) is 85.4 Å². The zero-order valence-corrected chi connectivity index (χ0v) is 19.9. The van der Waals surface area contributed by atoms with Gasteiger partial charge >= 0.3 is 0 Å². The number of benzene rings is 2. The molecule has 0 aromatic heterocycles. The highest BCUT2D eigenvalue weighted by Gasteiger charge is 2.28. The average Bonchev–Trinajstić information content (AvgIpc) is 3.09. The minimum Gasteiger partial charge on any atom is -0.493 e. The van der Waals surface area contributed by atoms with Crippen LogP contribution in [0.3, 0.4) is 0 Å². The predicted molar refractivity (Wildman–Crippen MR) is 121 cm³/mol. The Balaban J connectivity index is 1.64. The molecule has 1 amide bonds. The summed E-state index contributed by atoms with van der Waals surface area (Å²) in [6, 6.07) is 8.38. The highest BCUT2D eigenvalue weighted by atomic mass is 32.2. The van der Waals surface area contributed by atoms with Crippen LogP contribution in [0.1, 0.15) is 18.4 Å². The Morgan fingerprint density at radius 3 is 2.24 bits per heavy atom. The van der Waals surface area contributed by atoms with Crippen molar-refractivity contribution in [1.82, 2.24) is 9.21 Å². The Morgan fingerprint density at radius 2 is 1.61 bits per heavy atom. The summed E-state index contributed by atoms with van der Waals surface area (Å²) in [5.74, 6) is 0.985. The second kappa shape index (κ2) is 10.8. The van der Waals surface area contributed by atoms with E-state index in [1.54, 1.807) is 18.1 Å². The molecule has 1 fully saturated rings. The molecule has 1 heterocycles. The van der Waals surface area contributed by atoms with Gasteiger partial charge in [-0.1, -0.05) is 6.07 Å². The first-order valence-electron chi connectivity index (χ1n) is 10.6. The van der Waals surface area contributed by atoms with E-state index in [0.717, 1.165) is 17.7 Å². The molecule has 180 valence electrons. The van der Waals surface area contributed by atoms with Gasteiger partial charge in [0, 0.05) is 32.6 Å². The summed E-state index contributed by atoms with van der Waals surface area (Å²) in [6.45, 7) is 1.25. The third-order valence-electron chi connectivity index (χ3n) is 5.65. The number of hydrogen-bond acceptors (Lipinski definition) is 6. The third kappa shape index (κ3) is 5.56. The Hall–Kier alpha value is -2.85. The SMILES string of the molecule is COc1ccc(CCC(=O)N2CCCN(S(=O)(=O)c3ccc(F)cc3)CC2)c(OC)c1OC. The van der Waals surface area contributed by atoms with E-state index in [1.165, 1.54) is 30.7 Å². The number of halogens is 1. The fourth-order valence-corrected chi connectivity index (χ4v) is 5.37. The summed E-state index contributed by atoms with van der Waals surface area (Å²) in [5.41, 5.74) is 0.818. The van der Waals surface area contributed by atoms with Crippen LogP contribution in [0.25, 0.3) is 0 Å². The zero-order chi connectivity index (χ0) is 24.0. The van der Waals surface area contributed by atoms with E-state index in [0.29, 0.717) is 49.7 Å². The van der Waals surface area contributed by atoms with Crippen LogP contribution in [0.4, 0.5) is 4.39 Å². The number of ether oxygens (including phenoxy) is 3. The van der Waals surface area contributed by atoms with Crippen molar-refractivity contribution in [3.63, 3.8) is 0 Å². The van der Waals surface area contributed by atoms with Crippen molar-refractivity contribution >= 4 is 15.9 Å². The molecular weight excluding hydrogens is 451 g/mol. The molecule has 0 N–H and O–H groups in total. The number of sulfonamides is 1. The van der Waals surface area contributed by atoms with Crippen LogP contribution in [-0.2, 0) is 21.2 Å². The van der Waals surface area contributed by atoms with Gasteiger partial charge in [0.2, 0.25) is 21.7 Å². The molecule has 1 saturated heterocycles. The average molecular weight is 481 g/mol. The molecule has 2 aromatic rings. The summed E-state index contributed by atoms with van der Waals surface area (Å²) >= 11 is 0. The van der Waals surface area contributed by atoms with Gasteiger partial charge in [-0.15, -0.1) is 0 Å². The lowest BCUT2D eigenvalue weighted by Gasteiger charge is -2.22. The molecular formula is C23H29FN2O6S.